The van der Waals surface area contributed by atoms with Crippen LogP contribution in [0.5, 0.6) is 0 Å². The average Bonchev–Trinajstić information content (AvgIpc) is 3.15. The first-order valence-corrected chi connectivity index (χ1v) is 9.01. The first-order valence-electron chi connectivity index (χ1n) is 8.13. The van der Waals surface area contributed by atoms with Crippen molar-refractivity contribution in [2.24, 2.45) is 5.92 Å². The molecule has 3 rings (SSSR count). The highest BCUT2D eigenvalue weighted by atomic mass is 32.1. The molecular weight excluding hydrogens is 306 g/mol. The molecular formula is C19H21NO2S. The highest BCUT2D eigenvalue weighted by molar-refractivity contribution is 7.12. The molecule has 2 heterocycles. The number of aryl methyl sites for hydroxylation is 1. The monoisotopic (exact) mass is 327 g/mol. The van der Waals surface area contributed by atoms with E-state index in [4.69, 9.17) is 0 Å². The van der Waals surface area contributed by atoms with Crippen molar-refractivity contribution in [3.63, 3.8) is 0 Å². The van der Waals surface area contributed by atoms with E-state index in [1.54, 1.807) is 0 Å². The number of hydrogen-bond acceptors (Lipinski definition) is 3. The number of piperidine rings is 1. The lowest BCUT2D eigenvalue weighted by Gasteiger charge is -2.31. The largest absolute Gasteiger partial charge is 0.343 e. The van der Waals surface area contributed by atoms with Crippen LogP contribution in [0, 0.1) is 5.92 Å². The van der Waals surface area contributed by atoms with Crippen LogP contribution in [0.25, 0.3) is 0 Å². The topological polar surface area (TPSA) is 37.4 Å². The van der Waals surface area contributed by atoms with Gasteiger partial charge in [-0.05, 0) is 36.3 Å². The molecule has 0 N–H and O–H groups in total. The van der Waals surface area contributed by atoms with E-state index in [1.807, 2.05) is 40.6 Å². The summed E-state index contributed by atoms with van der Waals surface area (Å²) in [6, 6.07) is 13.9. The summed E-state index contributed by atoms with van der Waals surface area (Å²) in [5.41, 5.74) is 1.20. The van der Waals surface area contributed by atoms with Crippen LogP contribution < -0.4 is 0 Å². The summed E-state index contributed by atoms with van der Waals surface area (Å²) in [6.07, 6.45) is 2.91. The SMILES string of the molecule is O=C(c1cccs1)C1CCN(C(=O)CCc2ccccc2)CC1. The number of ketones is 1. The van der Waals surface area contributed by atoms with E-state index in [0.717, 1.165) is 24.1 Å². The molecule has 1 amide bonds. The normalized spacial score (nSPS) is 15.6. The van der Waals surface area contributed by atoms with Gasteiger partial charge in [0.15, 0.2) is 5.78 Å². The Labute approximate surface area is 140 Å². The minimum Gasteiger partial charge on any atom is -0.343 e. The second kappa shape index (κ2) is 7.55. The minimum atomic E-state index is 0.0758. The second-order valence-corrected chi connectivity index (χ2v) is 6.93. The summed E-state index contributed by atoms with van der Waals surface area (Å²) in [5.74, 6) is 0.527. The van der Waals surface area contributed by atoms with E-state index in [-0.39, 0.29) is 17.6 Å². The van der Waals surface area contributed by atoms with Crippen molar-refractivity contribution in [3.05, 3.63) is 58.3 Å². The van der Waals surface area contributed by atoms with E-state index in [2.05, 4.69) is 12.1 Å². The quantitative estimate of drug-likeness (QED) is 0.783. The van der Waals surface area contributed by atoms with Crippen molar-refractivity contribution in [2.75, 3.05) is 13.1 Å². The molecule has 0 bridgehead atoms. The Kier molecular flexibility index (Phi) is 5.23. The number of thiophene rings is 1. The first kappa shape index (κ1) is 15.9. The third kappa shape index (κ3) is 4.08. The van der Waals surface area contributed by atoms with Crippen LogP contribution in [0.15, 0.2) is 47.8 Å². The maximum atomic E-state index is 12.4. The van der Waals surface area contributed by atoms with Gasteiger partial charge in [-0.25, -0.2) is 0 Å². The maximum Gasteiger partial charge on any atom is 0.222 e. The molecule has 1 fully saturated rings. The molecule has 0 spiro atoms. The molecule has 0 unspecified atom stereocenters. The summed E-state index contributed by atoms with van der Waals surface area (Å²) >= 11 is 1.51. The highest BCUT2D eigenvalue weighted by Gasteiger charge is 2.28. The van der Waals surface area contributed by atoms with E-state index in [9.17, 15) is 9.59 Å². The van der Waals surface area contributed by atoms with Crippen molar-refractivity contribution in [3.8, 4) is 0 Å². The number of amides is 1. The molecule has 1 aromatic heterocycles. The molecule has 4 heteroatoms. The Morgan fingerprint density at radius 2 is 1.78 bits per heavy atom. The number of carbonyl (C=O) groups is 2. The van der Waals surface area contributed by atoms with Crippen LogP contribution in [-0.2, 0) is 11.2 Å². The Morgan fingerprint density at radius 1 is 1.04 bits per heavy atom. The number of carbonyl (C=O) groups excluding carboxylic acids is 2. The van der Waals surface area contributed by atoms with E-state index in [1.165, 1.54) is 16.9 Å². The van der Waals surface area contributed by atoms with Crippen molar-refractivity contribution in [2.45, 2.75) is 25.7 Å². The number of Topliss-reactive ketones (excluding diaryl/α,β-unsaturated/α-hetero) is 1. The van der Waals surface area contributed by atoms with E-state index < -0.39 is 0 Å². The molecule has 1 aliphatic rings. The Bertz CT molecular complexity index is 643. The van der Waals surface area contributed by atoms with E-state index in [0.29, 0.717) is 19.5 Å². The predicted molar refractivity (Wildman–Crippen MR) is 92.7 cm³/mol. The van der Waals surface area contributed by atoms with E-state index >= 15 is 0 Å². The predicted octanol–water partition coefficient (Wildman–Crippen LogP) is 3.80. The smallest absolute Gasteiger partial charge is 0.222 e. The van der Waals surface area contributed by atoms with Gasteiger partial charge in [0.1, 0.15) is 0 Å². The van der Waals surface area contributed by atoms with Gasteiger partial charge in [-0.3, -0.25) is 9.59 Å². The van der Waals surface area contributed by atoms with Gasteiger partial charge in [0.05, 0.1) is 4.88 Å². The summed E-state index contributed by atoms with van der Waals surface area (Å²) in [7, 11) is 0. The van der Waals surface area contributed by atoms with Crippen LogP contribution in [0.2, 0.25) is 0 Å². The van der Waals surface area contributed by atoms with Gasteiger partial charge in [-0.2, -0.15) is 0 Å². The number of benzene rings is 1. The fraction of sp³-hybridized carbons (Fsp3) is 0.368. The lowest BCUT2D eigenvalue weighted by atomic mass is 9.91. The zero-order chi connectivity index (χ0) is 16.1. The van der Waals surface area contributed by atoms with Crippen LogP contribution in [0.1, 0.15) is 34.5 Å². The van der Waals surface area contributed by atoms with Crippen molar-refractivity contribution < 1.29 is 9.59 Å². The molecule has 1 saturated heterocycles. The molecule has 2 aromatic rings. The van der Waals surface area contributed by atoms with Gasteiger partial charge in [0.25, 0.3) is 0 Å². The summed E-state index contributed by atoms with van der Waals surface area (Å²) in [4.78, 5) is 27.4. The standard InChI is InChI=1S/C19H21NO2S/c21-18(9-8-15-5-2-1-3-6-15)20-12-10-16(11-13-20)19(22)17-7-4-14-23-17/h1-7,14,16H,8-13H2. The lowest BCUT2D eigenvalue weighted by molar-refractivity contribution is -0.132. The number of nitrogens with zero attached hydrogens (tertiary/aromatic N) is 1. The number of likely N-dealkylation sites (tertiary alicyclic amines) is 1. The summed E-state index contributed by atoms with van der Waals surface area (Å²) in [6.45, 7) is 1.41. The van der Waals surface area contributed by atoms with Gasteiger partial charge < -0.3 is 4.90 Å². The maximum absolute atomic E-state index is 12.4. The minimum absolute atomic E-state index is 0.0758. The Balaban J connectivity index is 1.47. The van der Waals surface area contributed by atoms with Gasteiger partial charge in [0, 0.05) is 25.4 Å². The zero-order valence-corrected chi connectivity index (χ0v) is 13.9. The third-order valence-corrected chi connectivity index (χ3v) is 5.34. The molecule has 1 aromatic carbocycles. The molecule has 3 nitrogen and oxygen atoms in total. The summed E-state index contributed by atoms with van der Waals surface area (Å²) in [5, 5.41) is 1.94. The van der Waals surface area contributed by atoms with Gasteiger partial charge in [-0.1, -0.05) is 36.4 Å². The highest BCUT2D eigenvalue weighted by Crippen LogP contribution is 2.24. The van der Waals surface area contributed by atoms with Gasteiger partial charge >= 0.3 is 0 Å². The summed E-state index contributed by atoms with van der Waals surface area (Å²) < 4.78 is 0. The molecule has 0 aliphatic carbocycles. The average molecular weight is 327 g/mol. The first-order chi connectivity index (χ1) is 11.2. The second-order valence-electron chi connectivity index (χ2n) is 5.98. The molecule has 120 valence electrons. The molecule has 1 aliphatic heterocycles. The zero-order valence-electron chi connectivity index (χ0n) is 13.1. The Hall–Kier alpha value is -1.94. The van der Waals surface area contributed by atoms with Crippen LogP contribution in [0.3, 0.4) is 0 Å². The molecule has 23 heavy (non-hydrogen) atoms. The van der Waals surface area contributed by atoms with Gasteiger partial charge in [0.2, 0.25) is 5.91 Å². The molecule has 0 atom stereocenters. The van der Waals surface area contributed by atoms with Crippen LogP contribution in [-0.4, -0.2) is 29.7 Å². The fourth-order valence-electron chi connectivity index (χ4n) is 3.07. The van der Waals surface area contributed by atoms with Crippen LogP contribution >= 0.6 is 11.3 Å². The third-order valence-electron chi connectivity index (χ3n) is 4.45. The number of hydrogen-bond donors (Lipinski definition) is 0. The van der Waals surface area contributed by atoms with Crippen molar-refractivity contribution in [1.82, 2.24) is 4.90 Å². The lowest BCUT2D eigenvalue weighted by Crippen LogP contribution is -2.40. The van der Waals surface area contributed by atoms with Gasteiger partial charge in [-0.15, -0.1) is 11.3 Å². The Morgan fingerprint density at radius 3 is 2.43 bits per heavy atom. The molecule has 0 saturated carbocycles. The fourth-order valence-corrected chi connectivity index (χ4v) is 3.81. The van der Waals surface area contributed by atoms with Crippen molar-refractivity contribution in [1.29, 1.82) is 0 Å². The molecule has 0 radical (unpaired) electrons. The van der Waals surface area contributed by atoms with Crippen LogP contribution in [0.4, 0.5) is 0 Å². The van der Waals surface area contributed by atoms with Crippen molar-refractivity contribution >= 4 is 23.0 Å². The number of rotatable bonds is 5.